The summed E-state index contributed by atoms with van der Waals surface area (Å²) in [7, 11) is 1.23. The number of carbonyl (C=O) groups excluding carboxylic acids is 1. The van der Waals surface area contributed by atoms with Crippen molar-refractivity contribution in [2.24, 2.45) is 0 Å². The fraction of sp³-hybridized carbons (Fsp3) is 0.0417. The highest BCUT2D eigenvalue weighted by Gasteiger charge is 2.28. The first-order valence-electron chi connectivity index (χ1n) is 9.07. The Morgan fingerprint density at radius 1 is 0.710 bits per heavy atom. The third-order valence-electron chi connectivity index (χ3n) is 4.98. The SMILES string of the molecule is COC(=O)c1cccc(-c2cccc3cccc(-c4c(F)c(F)c(F)c(F)c4F)c23)c1. The van der Waals surface area contributed by atoms with Gasteiger partial charge >= 0.3 is 5.97 Å². The number of esters is 1. The maximum absolute atomic E-state index is 14.6. The van der Waals surface area contributed by atoms with E-state index >= 15 is 0 Å². The number of halogens is 5. The van der Waals surface area contributed by atoms with Crippen molar-refractivity contribution in [1.82, 2.24) is 0 Å². The van der Waals surface area contributed by atoms with Crippen LogP contribution in [-0.4, -0.2) is 13.1 Å². The predicted octanol–water partition coefficient (Wildman–Crippen LogP) is 6.66. The number of rotatable bonds is 3. The summed E-state index contributed by atoms with van der Waals surface area (Å²) in [6.07, 6.45) is 0. The molecule has 0 aliphatic heterocycles. The molecule has 0 heterocycles. The molecule has 0 saturated heterocycles. The molecule has 0 fully saturated rings. The van der Waals surface area contributed by atoms with Gasteiger partial charge in [0.05, 0.1) is 18.2 Å². The first kappa shape index (κ1) is 20.5. The van der Waals surface area contributed by atoms with Gasteiger partial charge in [-0.2, -0.15) is 0 Å². The molecule has 4 aromatic carbocycles. The molecule has 0 saturated carbocycles. The van der Waals surface area contributed by atoms with Gasteiger partial charge in [-0.15, -0.1) is 0 Å². The lowest BCUT2D eigenvalue weighted by Gasteiger charge is -2.15. The van der Waals surface area contributed by atoms with Crippen LogP contribution in [-0.2, 0) is 4.74 Å². The maximum atomic E-state index is 14.6. The smallest absolute Gasteiger partial charge is 0.337 e. The highest BCUT2D eigenvalue weighted by atomic mass is 19.2. The number of benzene rings is 4. The quantitative estimate of drug-likeness (QED) is 0.158. The number of fused-ring (bicyclic) bond motifs is 1. The average Bonchev–Trinajstić information content (AvgIpc) is 2.80. The second kappa shape index (κ2) is 7.83. The average molecular weight is 428 g/mol. The van der Waals surface area contributed by atoms with Gasteiger partial charge in [-0.3, -0.25) is 0 Å². The van der Waals surface area contributed by atoms with Crippen molar-refractivity contribution >= 4 is 16.7 Å². The van der Waals surface area contributed by atoms with E-state index in [1.165, 1.54) is 31.4 Å². The van der Waals surface area contributed by atoms with E-state index in [2.05, 4.69) is 0 Å². The van der Waals surface area contributed by atoms with Crippen molar-refractivity contribution in [2.75, 3.05) is 7.11 Å². The van der Waals surface area contributed by atoms with Crippen molar-refractivity contribution in [3.8, 4) is 22.3 Å². The van der Waals surface area contributed by atoms with Gasteiger partial charge in [0.25, 0.3) is 0 Å². The van der Waals surface area contributed by atoms with Crippen LogP contribution < -0.4 is 0 Å². The van der Waals surface area contributed by atoms with Crippen LogP contribution in [0.2, 0.25) is 0 Å². The highest BCUT2D eigenvalue weighted by molar-refractivity contribution is 6.07. The van der Waals surface area contributed by atoms with Crippen molar-refractivity contribution in [3.63, 3.8) is 0 Å². The molecule has 0 aromatic heterocycles. The monoisotopic (exact) mass is 428 g/mol. The summed E-state index contributed by atoms with van der Waals surface area (Å²) in [6, 6.07) is 15.7. The highest BCUT2D eigenvalue weighted by Crippen LogP contribution is 2.40. The van der Waals surface area contributed by atoms with Gasteiger partial charge in [0.2, 0.25) is 5.82 Å². The molecular formula is C24H13F5O2. The molecule has 0 bridgehead atoms. The van der Waals surface area contributed by atoms with E-state index in [4.69, 9.17) is 4.74 Å². The summed E-state index contributed by atoms with van der Waals surface area (Å²) in [5, 5.41) is 0.789. The fourth-order valence-corrected chi connectivity index (χ4v) is 3.56. The first-order valence-corrected chi connectivity index (χ1v) is 9.07. The normalized spacial score (nSPS) is 11.0. The van der Waals surface area contributed by atoms with E-state index in [0.29, 0.717) is 16.5 Å². The molecule has 0 radical (unpaired) electrons. The van der Waals surface area contributed by atoms with Crippen LogP contribution in [0.4, 0.5) is 22.0 Å². The molecule has 0 spiro atoms. The van der Waals surface area contributed by atoms with Crippen molar-refractivity contribution in [2.45, 2.75) is 0 Å². The zero-order chi connectivity index (χ0) is 22.3. The Balaban J connectivity index is 2.08. The lowest BCUT2D eigenvalue weighted by Crippen LogP contribution is -2.04. The van der Waals surface area contributed by atoms with Crippen molar-refractivity contribution in [1.29, 1.82) is 0 Å². The van der Waals surface area contributed by atoms with Crippen LogP contribution >= 0.6 is 0 Å². The third kappa shape index (κ3) is 3.32. The van der Waals surface area contributed by atoms with E-state index < -0.39 is 40.6 Å². The Bertz CT molecular complexity index is 1310. The summed E-state index contributed by atoms with van der Waals surface area (Å²) >= 11 is 0. The zero-order valence-corrected chi connectivity index (χ0v) is 16.0. The minimum atomic E-state index is -2.22. The second-order valence-electron chi connectivity index (χ2n) is 6.73. The zero-order valence-electron chi connectivity index (χ0n) is 16.0. The molecule has 0 atom stereocenters. The Morgan fingerprint density at radius 2 is 1.26 bits per heavy atom. The standard InChI is InChI=1S/C24H13F5O2/c1-31-24(30)14-8-2-7-13(11-14)15-9-3-5-12-6-4-10-16(17(12)15)18-19(25)21(27)23(29)22(28)20(18)26/h2-11H,1H3. The summed E-state index contributed by atoms with van der Waals surface area (Å²) < 4.78 is 75.2. The van der Waals surface area contributed by atoms with Gasteiger partial charge in [-0.05, 0) is 39.6 Å². The molecule has 4 rings (SSSR count). The minimum absolute atomic E-state index is 0.163. The van der Waals surface area contributed by atoms with E-state index in [-0.39, 0.29) is 16.5 Å². The van der Waals surface area contributed by atoms with Gasteiger partial charge in [0, 0.05) is 0 Å². The van der Waals surface area contributed by atoms with Gasteiger partial charge in [-0.25, -0.2) is 26.7 Å². The molecule has 0 unspecified atom stereocenters. The molecule has 0 aliphatic rings. The Morgan fingerprint density at radius 3 is 1.87 bits per heavy atom. The molecule has 2 nitrogen and oxygen atoms in total. The topological polar surface area (TPSA) is 26.3 Å². The summed E-state index contributed by atoms with van der Waals surface area (Å²) in [5.74, 6) is -10.7. The Hall–Kier alpha value is -3.74. The van der Waals surface area contributed by atoms with Crippen molar-refractivity contribution < 1.29 is 31.5 Å². The molecular weight excluding hydrogens is 415 g/mol. The Labute approximate surface area is 173 Å². The van der Waals surface area contributed by atoms with Crippen molar-refractivity contribution in [3.05, 3.63) is 95.3 Å². The lowest BCUT2D eigenvalue weighted by atomic mass is 9.90. The van der Waals surface area contributed by atoms with Crippen LogP contribution in [0.3, 0.4) is 0 Å². The molecule has 0 amide bonds. The van der Waals surface area contributed by atoms with Gasteiger partial charge < -0.3 is 4.74 Å². The summed E-state index contributed by atoms with van der Waals surface area (Å²) in [6.45, 7) is 0. The van der Waals surface area contributed by atoms with Crippen LogP contribution in [0.25, 0.3) is 33.0 Å². The largest absolute Gasteiger partial charge is 0.465 e. The second-order valence-corrected chi connectivity index (χ2v) is 6.73. The van der Waals surface area contributed by atoms with Gasteiger partial charge in [0.1, 0.15) is 0 Å². The predicted molar refractivity (Wildman–Crippen MR) is 106 cm³/mol. The van der Waals surface area contributed by atoms with Gasteiger partial charge in [0.15, 0.2) is 23.3 Å². The number of methoxy groups -OCH3 is 1. The van der Waals surface area contributed by atoms with E-state index in [1.54, 1.807) is 36.4 Å². The molecule has 0 N–H and O–H groups in total. The first-order chi connectivity index (χ1) is 14.8. The molecule has 7 heteroatoms. The number of carbonyl (C=O) groups is 1. The third-order valence-corrected chi connectivity index (χ3v) is 4.98. The summed E-state index contributed by atoms with van der Waals surface area (Å²) in [5.41, 5.74) is 0.0151. The van der Waals surface area contributed by atoms with E-state index in [1.807, 2.05) is 0 Å². The van der Waals surface area contributed by atoms with Crippen LogP contribution in [0.15, 0.2) is 60.7 Å². The lowest BCUT2D eigenvalue weighted by molar-refractivity contribution is 0.0601. The maximum Gasteiger partial charge on any atom is 0.337 e. The minimum Gasteiger partial charge on any atom is -0.465 e. The van der Waals surface area contributed by atoms with Crippen LogP contribution in [0, 0.1) is 29.1 Å². The summed E-state index contributed by atoms with van der Waals surface area (Å²) in [4.78, 5) is 11.9. The Kier molecular flexibility index (Phi) is 5.19. The number of ether oxygens (including phenoxy) is 1. The fourth-order valence-electron chi connectivity index (χ4n) is 3.56. The number of hydrogen-bond acceptors (Lipinski definition) is 2. The molecule has 31 heavy (non-hydrogen) atoms. The van der Waals surface area contributed by atoms with E-state index in [0.717, 1.165) is 0 Å². The van der Waals surface area contributed by atoms with Gasteiger partial charge in [-0.1, -0.05) is 48.5 Å². The molecule has 156 valence electrons. The van der Waals surface area contributed by atoms with Crippen LogP contribution in [0.1, 0.15) is 10.4 Å². The number of hydrogen-bond donors (Lipinski definition) is 0. The molecule has 0 aliphatic carbocycles. The van der Waals surface area contributed by atoms with Crippen LogP contribution in [0.5, 0.6) is 0 Å². The van der Waals surface area contributed by atoms with E-state index in [9.17, 15) is 26.7 Å². The molecule has 4 aromatic rings.